The van der Waals surface area contributed by atoms with Crippen molar-refractivity contribution in [3.63, 3.8) is 0 Å². The maximum Gasteiger partial charge on any atom is 0.244 e. The Morgan fingerprint density at radius 1 is 1.40 bits per heavy atom. The van der Waals surface area contributed by atoms with Crippen molar-refractivity contribution >= 4 is 33.2 Å². The molecule has 7 nitrogen and oxygen atoms in total. The van der Waals surface area contributed by atoms with Gasteiger partial charge in [0.05, 0.1) is 5.02 Å². The lowest BCUT2D eigenvalue weighted by Gasteiger charge is -2.29. The first-order valence-corrected chi connectivity index (χ1v) is 9.81. The molecule has 1 aromatic heterocycles. The second-order valence-electron chi connectivity index (χ2n) is 5.83. The molecule has 2 atom stereocenters. The van der Waals surface area contributed by atoms with E-state index in [0.29, 0.717) is 19.4 Å². The summed E-state index contributed by atoms with van der Waals surface area (Å²) in [6, 6.07) is 2.08. The molecule has 0 radical (unpaired) electrons. The monoisotopic (exact) mass is 405 g/mol. The highest BCUT2D eigenvalue weighted by Gasteiger charge is 2.31. The van der Waals surface area contributed by atoms with Crippen molar-refractivity contribution in [3.8, 4) is 5.75 Å². The number of aromatic hydroxyl groups is 1. The van der Waals surface area contributed by atoms with Gasteiger partial charge in [0.2, 0.25) is 10.0 Å². The molecule has 2 unspecified atom stereocenters. The highest BCUT2D eigenvalue weighted by atomic mass is 35.5. The van der Waals surface area contributed by atoms with Crippen LogP contribution in [0.1, 0.15) is 24.8 Å². The number of ether oxygens (including phenoxy) is 1. The SMILES string of the molecule is Cn1ccnc1C1CC(NS(=O)(=O)c2cc(Cl)cc(Cl)c2O)CCO1. The predicted octanol–water partition coefficient (Wildman–Crippen LogP) is 2.63. The number of rotatable bonds is 4. The molecule has 0 spiro atoms. The smallest absolute Gasteiger partial charge is 0.244 e. The van der Waals surface area contributed by atoms with E-state index in [2.05, 4.69) is 9.71 Å². The number of hydrogen-bond acceptors (Lipinski definition) is 5. The number of phenols is 1. The molecule has 2 aromatic rings. The first-order valence-electron chi connectivity index (χ1n) is 7.57. The molecule has 2 N–H and O–H groups in total. The standard InChI is InChI=1S/C15H17Cl2N3O4S/c1-20-4-3-18-15(20)12-8-10(2-5-24-12)19-25(22,23)13-7-9(16)6-11(17)14(13)21/h3-4,6-7,10,12,19,21H,2,5,8H2,1H3. The summed E-state index contributed by atoms with van der Waals surface area (Å²) in [6.45, 7) is 0.396. The maximum atomic E-state index is 12.6. The molecule has 136 valence electrons. The van der Waals surface area contributed by atoms with Crippen LogP contribution in [-0.4, -0.2) is 35.7 Å². The molecule has 0 amide bonds. The largest absolute Gasteiger partial charge is 0.505 e. The first-order chi connectivity index (χ1) is 11.8. The average molecular weight is 406 g/mol. The summed E-state index contributed by atoms with van der Waals surface area (Å²) in [6.07, 6.45) is 4.10. The van der Waals surface area contributed by atoms with E-state index in [4.69, 9.17) is 27.9 Å². The summed E-state index contributed by atoms with van der Waals surface area (Å²) in [7, 11) is -2.14. The van der Waals surface area contributed by atoms with Crippen molar-refractivity contribution in [2.75, 3.05) is 6.61 Å². The quantitative estimate of drug-likeness (QED) is 0.814. The molecule has 25 heavy (non-hydrogen) atoms. The summed E-state index contributed by atoms with van der Waals surface area (Å²) in [4.78, 5) is 3.91. The van der Waals surface area contributed by atoms with Gasteiger partial charge in [-0.05, 0) is 25.0 Å². The number of hydrogen-bond donors (Lipinski definition) is 2. The summed E-state index contributed by atoms with van der Waals surface area (Å²) in [5.41, 5.74) is 0. The molecule has 1 fully saturated rings. The van der Waals surface area contributed by atoms with E-state index < -0.39 is 15.8 Å². The lowest BCUT2D eigenvalue weighted by atomic mass is 10.0. The topological polar surface area (TPSA) is 93.5 Å². The molecule has 1 aromatic carbocycles. The van der Waals surface area contributed by atoms with Gasteiger partial charge in [0.15, 0.2) is 5.75 Å². The Kier molecular flexibility index (Phi) is 5.26. The fraction of sp³-hybridized carbons (Fsp3) is 0.400. The van der Waals surface area contributed by atoms with Crippen LogP contribution in [0.25, 0.3) is 0 Å². The van der Waals surface area contributed by atoms with Crippen LogP contribution in [0.5, 0.6) is 5.75 Å². The first kappa shape index (κ1) is 18.5. The average Bonchev–Trinajstić information content (AvgIpc) is 2.96. The minimum Gasteiger partial charge on any atom is -0.505 e. The summed E-state index contributed by atoms with van der Waals surface area (Å²) in [5.74, 6) is 0.212. The second-order valence-corrected chi connectivity index (χ2v) is 8.36. The minimum absolute atomic E-state index is 0.120. The third kappa shape index (κ3) is 3.93. The molecule has 2 heterocycles. The van der Waals surface area contributed by atoms with Gasteiger partial charge in [-0.2, -0.15) is 0 Å². The number of sulfonamides is 1. The van der Waals surface area contributed by atoms with Crippen LogP contribution in [0.3, 0.4) is 0 Å². The molecule has 10 heteroatoms. The number of nitrogens with one attached hydrogen (secondary N) is 1. The van der Waals surface area contributed by atoms with Gasteiger partial charge in [-0.25, -0.2) is 18.1 Å². The number of nitrogens with zero attached hydrogens (tertiary/aromatic N) is 2. The molecule has 3 rings (SSSR count). The summed E-state index contributed by atoms with van der Waals surface area (Å²) >= 11 is 11.7. The van der Waals surface area contributed by atoms with Crippen LogP contribution in [0.15, 0.2) is 29.4 Å². The Labute approximate surface area is 155 Å². The number of aromatic nitrogens is 2. The van der Waals surface area contributed by atoms with Gasteiger partial charge in [-0.1, -0.05) is 23.2 Å². The van der Waals surface area contributed by atoms with Crippen LogP contribution < -0.4 is 4.72 Å². The van der Waals surface area contributed by atoms with Gasteiger partial charge >= 0.3 is 0 Å². The van der Waals surface area contributed by atoms with E-state index >= 15 is 0 Å². The van der Waals surface area contributed by atoms with Crippen molar-refractivity contribution < 1.29 is 18.3 Å². The maximum absolute atomic E-state index is 12.6. The van der Waals surface area contributed by atoms with E-state index in [1.165, 1.54) is 12.1 Å². The third-order valence-corrected chi connectivity index (χ3v) is 6.08. The number of benzene rings is 1. The zero-order chi connectivity index (χ0) is 18.2. The lowest BCUT2D eigenvalue weighted by molar-refractivity contribution is -0.00266. The van der Waals surface area contributed by atoms with Gasteiger partial charge in [-0.3, -0.25) is 0 Å². The fourth-order valence-electron chi connectivity index (χ4n) is 2.80. The molecule has 0 saturated carbocycles. The van der Waals surface area contributed by atoms with Crippen molar-refractivity contribution in [1.82, 2.24) is 14.3 Å². The Morgan fingerprint density at radius 2 is 2.16 bits per heavy atom. The number of phenolic OH excluding ortho intramolecular Hbond substituents is 1. The van der Waals surface area contributed by atoms with Crippen molar-refractivity contribution in [1.29, 1.82) is 0 Å². The van der Waals surface area contributed by atoms with Crippen molar-refractivity contribution in [3.05, 3.63) is 40.4 Å². The van der Waals surface area contributed by atoms with E-state index in [0.717, 1.165) is 5.82 Å². The Balaban J connectivity index is 1.80. The van der Waals surface area contributed by atoms with Gasteiger partial charge in [0.1, 0.15) is 16.8 Å². The van der Waals surface area contributed by atoms with E-state index in [9.17, 15) is 13.5 Å². The van der Waals surface area contributed by atoms with Gasteiger partial charge in [0, 0.05) is 37.1 Å². The molecule has 0 bridgehead atoms. The van der Waals surface area contributed by atoms with Gasteiger partial charge in [0.25, 0.3) is 0 Å². The predicted molar refractivity (Wildman–Crippen MR) is 93.4 cm³/mol. The van der Waals surface area contributed by atoms with Crippen LogP contribution in [-0.2, 0) is 21.8 Å². The zero-order valence-corrected chi connectivity index (χ0v) is 15.6. The van der Waals surface area contributed by atoms with E-state index in [-0.39, 0.29) is 27.1 Å². The number of imidazole rings is 1. The number of aryl methyl sites for hydroxylation is 1. The van der Waals surface area contributed by atoms with Crippen LogP contribution in [0.2, 0.25) is 10.0 Å². The van der Waals surface area contributed by atoms with Crippen molar-refractivity contribution in [2.45, 2.75) is 29.9 Å². The normalized spacial score (nSPS) is 21.4. The fourth-order valence-corrected chi connectivity index (χ4v) is 4.84. The Bertz CT molecular complexity index is 885. The highest BCUT2D eigenvalue weighted by molar-refractivity contribution is 7.89. The Hall–Kier alpha value is -1.32. The minimum atomic E-state index is -3.99. The van der Waals surface area contributed by atoms with Gasteiger partial charge < -0.3 is 14.4 Å². The van der Waals surface area contributed by atoms with E-state index in [1.54, 1.807) is 12.4 Å². The third-order valence-electron chi connectivity index (χ3n) is 4.03. The molecule has 1 aliphatic heterocycles. The highest BCUT2D eigenvalue weighted by Crippen LogP contribution is 2.35. The van der Waals surface area contributed by atoms with Gasteiger partial charge in [-0.15, -0.1) is 0 Å². The molecule has 0 aliphatic carbocycles. The van der Waals surface area contributed by atoms with Crippen molar-refractivity contribution in [2.24, 2.45) is 7.05 Å². The van der Waals surface area contributed by atoms with Crippen LogP contribution >= 0.6 is 23.2 Å². The molecular formula is C15H17Cl2N3O4S. The molecule has 1 aliphatic rings. The van der Waals surface area contributed by atoms with Crippen LogP contribution in [0, 0.1) is 0 Å². The van der Waals surface area contributed by atoms with E-state index in [1.807, 2.05) is 11.6 Å². The lowest BCUT2D eigenvalue weighted by Crippen LogP contribution is -2.40. The molecule has 1 saturated heterocycles. The second kappa shape index (κ2) is 7.13. The zero-order valence-electron chi connectivity index (χ0n) is 13.3. The summed E-state index contributed by atoms with van der Waals surface area (Å²) < 4.78 is 35.4. The number of halogens is 2. The summed E-state index contributed by atoms with van der Waals surface area (Å²) in [5, 5.41) is 9.98. The molecular weight excluding hydrogens is 389 g/mol. The Morgan fingerprint density at radius 3 is 2.84 bits per heavy atom. The van der Waals surface area contributed by atoms with Crippen LogP contribution in [0.4, 0.5) is 0 Å².